The average Bonchev–Trinajstić information content (AvgIpc) is 2.37. The Kier molecular flexibility index (Phi) is 5.16. The van der Waals surface area contributed by atoms with Gasteiger partial charge in [-0.1, -0.05) is 26.0 Å². The largest absolute Gasteiger partial charge is 0.469 e. The molecule has 2 atom stereocenters. The minimum atomic E-state index is -4.49. The van der Waals surface area contributed by atoms with E-state index in [0.717, 1.165) is 12.1 Å². The molecule has 112 valence electrons. The summed E-state index contributed by atoms with van der Waals surface area (Å²) >= 11 is 0. The van der Waals surface area contributed by atoms with Crippen LogP contribution in [0.25, 0.3) is 0 Å². The fourth-order valence-electron chi connectivity index (χ4n) is 2.01. The topological polar surface area (TPSA) is 46.5 Å². The van der Waals surface area contributed by atoms with Crippen molar-refractivity contribution in [1.29, 1.82) is 0 Å². The average molecular weight is 290 g/mol. The van der Waals surface area contributed by atoms with E-state index in [1.54, 1.807) is 13.8 Å². The molecule has 1 aromatic carbocycles. The highest BCUT2D eigenvalue weighted by Gasteiger charge is 2.34. The van der Waals surface area contributed by atoms with Gasteiger partial charge in [0.1, 0.15) is 0 Å². The normalized spacial score (nSPS) is 15.0. The number of aliphatic hydroxyl groups excluding tert-OH is 1. The number of esters is 1. The molecule has 0 amide bonds. The van der Waals surface area contributed by atoms with Gasteiger partial charge in [-0.25, -0.2) is 0 Å². The Balaban J connectivity index is 3.13. The summed E-state index contributed by atoms with van der Waals surface area (Å²) in [5.41, 5.74) is -0.814. The first-order chi connectivity index (χ1) is 9.18. The second-order valence-corrected chi connectivity index (χ2v) is 4.86. The smallest absolute Gasteiger partial charge is 0.416 e. The molecule has 1 rings (SSSR count). The Morgan fingerprint density at radius 1 is 1.30 bits per heavy atom. The van der Waals surface area contributed by atoms with E-state index in [0.29, 0.717) is 0 Å². The molecule has 0 spiro atoms. The van der Waals surface area contributed by atoms with Crippen LogP contribution in [0.4, 0.5) is 13.2 Å². The molecule has 0 saturated carbocycles. The Labute approximate surface area is 115 Å². The third-order valence-corrected chi connectivity index (χ3v) is 3.09. The maximum atomic E-state index is 12.6. The van der Waals surface area contributed by atoms with Gasteiger partial charge < -0.3 is 9.84 Å². The number of carbonyl (C=O) groups is 1. The van der Waals surface area contributed by atoms with Crippen molar-refractivity contribution in [3.63, 3.8) is 0 Å². The molecule has 0 aliphatic heterocycles. The first-order valence-electron chi connectivity index (χ1n) is 6.11. The number of hydrogen-bond acceptors (Lipinski definition) is 3. The van der Waals surface area contributed by atoms with Crippen molar-refractivity contribution in [2.75, 3.05) is 7.11 Å². The third-order valence-electron chi connectivity index (χ3n) is 3.09. The van der Waals surface area contributed by atoms with E-state index in [-0.39, 0.29) is 11.5 Å². The van der Waals surface area contributed by atoms with E-state index in [4.69, 9.17) is 0 Å². The lowest BCUT2D eigenvalue weighted by molar-refractivity contribution is -0.152. The lowest BCUT2D eigenvalue weighted by Gasteiger charge is -2.24. The lowest BCUT2D eigenvalue weighted by Crippen LogP contribution is -2.28. The standard InChI is InChI=1S/C14H17F3O3/c1-8(2)11(13(19)20-3)12(18)9-5-4-6-10(7-9)14(15,16)17/h4-8,11-12,18H,1-3H3. The Hall–Kier alpha value is -1.56. The van der Waals surface area contributed by atoms with E-state index < -0.39 is 29.7 Å². The van der Waals surface area contributed by atoms with E-state index in [9.17, 15) is 23.1 Å². The Bertz CT molecular complexity index is 469. The van der Waals surface area contributed by atoms with E-state index >= 15 is 0 Å². The summed E-state index contributed by atoms with van der Waals surface area (Å²) in [4.78, 5) is 11.6. The number of alkyl halides is 3. The lowest BCUT2D eigenvalue weighted by atomic mass is 9.86. The number of ether oxygens (including phenoxy) is 1. The zero-order valence-electron chi connectivity index (χ0n) is 11.4. The molecule has 1 aromatic rings. The van der Waals surface area contributed by atoms with Crippen molar-refractivity contribution >= 4 is 5.97 Å². The minimum Gasteiger partial charge on any atom is -0.469 e. The molecule has 0 radical (unpaired) electrons. The molecule has 1 N–H and O–H groups in total. The molecule has 0 fully saturated rings. The zero-order chi connectivity index (χ0) is 15.5. The van der Waals surface area contributed by atoms with Crippen LogP contribution in [-0.2, 0) is 15.7 Å². The van der Waals surface area contributed by atoms with Crippen LogP contribution in [0.2, 0.25) is 0 Å². The van der Waals surface area contributed by atoms with E-state index in [1.807, 2.05) is 0 Å². The molecule has 6 heteroatoms. The van der Waals surface area contributed by atoms with Gasteiger partial charge >= 0.3 is 12.1 Å². The molecule has 0 aromatic heterocycles. The van der Waals surface area contributed by atoms with Crippen LogP contribution < -0.4 is 0 Å². The van der Waals surface area contributed by atoms with Crippen LogP contribution in [-0.4, -0.2) is 18.2 Å². The van der Waals surface area contributed by atoms with Crippen molar-refractivity contribution in [3.05, 3.63) is 35.4 Å². The fourth-order valence-corrected chi connectivity index (χ4v) is 2.01. The van der Waals surface area contributed by atoms with Crippen molar-refractivity contribution in [2.24, 2.45) is 11.8 Å². The molecule has 2 unspecified atom stereocenters. The summed E-state index contributed by atoms with van der Waals surface area (Å²) in [7, 11) is 1.18. The zero-order valence-corrected chi connectivity index (χ0v) is 11.4. The first-order valence-corrected chi connectivity index (χ1v) is 6.11. The second-order valence-electron chi connectivity index (χ2n) is 4.86. The van der Waals surface area contributed by atoms with Gasteiger partial charge in [0.15, 0.2) is 0 Å². The Morgan fingerprint density at radius 2 is 1.90 bits per heavy atom. The summed E-state index contributed by atoms with van der Waals surface area (Å²) in [6.07, 6.45) is -5.83. The molecule has 0 saturated heterocycles. The molecular weight excluding hydrogens is 273 g/mol. The monoisotopic (exact) mass is 290 g/mol. The van der Waals surface area contributed by atoms with Crippen LogP contribution in [0.3, 0.4) is 0 Å². The maximum absolute atomic E-state index is 12.6. The number of hydrogen-bond donors (Lipinski definition) is 1. The SMILES string of the molecule is COC(=O)C(C(C)C)C(O)c1cccc(C(F)(F)F)c1. The molecule has 0 aliphatic carbocycles. The van der Waals surface area contributed by atoms with Gasteiger partial charge in [0.05, 0.1) is 24.7 Å². The molecule has 20 heavy (non-hydrogen) atoms. The van der Waals surface area contributed by atoms with Crippen molar-refractivity contribution in [1.82, 2.24) is 0 Å². The van der Waals surface area contributed by atoms with Crippen LogP contribution in [0.15, 0.2) is 24.3 Å². The van der Waals surface area contributed by atoms with Crippen LogP contribution in [0.1, 0.15) is 31.1 Å². The van der Waals surface area contributed by atoms with Crippen LogP contribution in [0, 0.1) is 11.8 Å². The fraction of sp³-hybridized carbons (Fsp3) is 0.500. The van der Waals surface area contributed by atoms with Gasteiger partial charge in [0.2, 0.25) is 0 Å². The molecule has 3 nitrogen and oxygen atoms in total. The van der Waals surface area contributed by atoms with Gasteiger partial charge in [-0.3, -0.25) is 4.79 Å². The number of methoxy groups -OCH3 is 1. The van der Waals surface area contributed by atoms with Crippen molar-refractivity contribution < 1.29 is 27.8 Å². The highest BCUT2D eigenvalue weighted by molar-refractivity contribution is 5.73. The molecular formula is C14H17F3O3. The number of benzene rings is 1. The summed E-state index contributed by atoms with van der Waals surface area (Å²) < 4.78 is 42.5. The van der Waals surface area contributed by atoms with Gasteiger partial charge in [-0.2, -0.15) is 13.2 Å². The number of rotatable bonds is 4. The predicted molar refractivity (Wildman–Crippen MR) is 66.7 cm³/mol. The highest BCUT2D eigenvalue weighted by atomic mass is 19.4. The van der Waals surface area contributed by atoms with Crippen LogP contribution >= 0.6 is 0 Å². The van der Waals surface area contributed by atoms with Gasteiger partial charge in [0.25, 0.3) is 0 Å². The number of halogens is 3. The summed E-state index contributed by atoms with van der Waals surface area (Å²) in [6, 6.07) is 4.33. The van der Waals surface area contributed by atoms with E-state index in [1.165, 1.54) is 19.2 Å². The minimum absolute atomic E-state index is 0.0453. The van der Waals surface area contributed by atoms with E-state index in [2.05, 4.69) is 4.74 Å². The van der Waals surface area contributed by atoms with Crippen LogP contribution in [0.5, 0.6) is 0 Å². The predicted octanol–water partition coefficient (Wildman–Crippen LogP) is 3.18. The number of aliphatic hydroxyl groups is 1. The van der Waals surface area contributed by atoms with Gasteiger partial charge in [0, 0.05) is 0 Å². The molecule has 0 aliphatic rings. The Morgan fingerprint density at radius 3 is 2.35 bits per heavy atom. The first kappa shape index (κ1) is 16.5. The summed E-state index contributed by atoms with van der Waals surface area (Å²) in [5.74, 6) is -1.83. The van der Waals surface area contributed by atoms with Crippen molar-refractivity contribution in [2.45, 2.75) is 26.1 Å². The third kappa shape index (κ3) is 3.72. The second kappa shape index (κ2) is 6.26. The maximum Gasteiger partial charge on any atom is 0.416 e. The quantitative estimate of drug-likeness (QED) is 0.866. The summed E-state index contributed by atoms with van der Waals surface area (Å²) in [5, 5.41) is 10.2. The number of carbonyl (C=O) groups excluding carboxylic acids is 1. The molecule has 0 heterocycles. The summed E-state index contributed by atoms with van der Waals surface area (Å²) in [6.45, 7) is 3.39. The molecule has 0 bridgehead atoms. The highest BCUT2D eigenvalue weighted by Crippen LogP contribution is 2.34. The van der Waals surface area contributed by atoms with Crippen molar-refractivity contribution in [3.8, 4) is 0 Å². The van der Waals surface area contributed by atoms with Gasteiger partial charge in [-0.15, -0.1) is 0 Å². The van der Waals surface area contributed by atoms with Gasteiger partial charge in [-0.05, 0) is 23.6 Å².